The highest BCUT2D eigenvalue weighted by Crippen LogP contribution is 2.10. The minimum atomic E-state index is -0.996. The zero-order valence-electron chi connectivity index (χ0n) is 9.98. The Kier molecular flexibility index (Phi) is 3.87. The summed E-state index contributed by atoms with van der Waals surface area (Å²) in [6.45, 7) is 0.443. The van der Waals surface area contributed by atoms with Crippen molar-refractivity contribution in [2.75, 3.05) is 5.32 Å². The zero-order valence-corrected chi connectivity index (χ0v) is 9.98. The molecule has 0 saturated heterocycles. The summed E-state index contributed by atoms with van der Waals surface area (Å²) >= 11 is 0. The van der Waals surface area contributed by atoms with Crippen molar-refractivity contribution in [3.63, 3.8) is 0 Å². The predicted octanol–water partition coefficient (Wildman–Crippen LogP) is 1.01. The van der Waals surface area contributed by atoms with Crippen LogP contribution in [0.25, 0.3) is 0 Å². The van der Waals surface area contributed by atoms with Crippen LogP contribution in [0.2, 0.25) is 0 Å². The molecule has 1 aromatic heterocycles. The monoisotopic (exact) mass is 260 g/mol. The van der Waals surface area contributed by atoms with E-state index in [-0.39, 0.29) is 17.9 Å². The summed E-state index contributed by atoms with van der Waals surface area (Å²) in [5, 5.41) is 18.8. The van der Waals surface area contributed by atoms with Gasteiger partial charge in [-0.05, 0) is 24.3 Å². The van der Waals surface area contributed by atoms with E-state index in [9.17, 15) is 9.59 Å². The first-order chi connectivity index (χ1) is 9.15. The second-order valence-electron chi connectivity index (χ2n) is 3.85. The van der Waals surface area contributed by atoms with E-state index in [2.05, 4.69) is 15.6 Å². The fourth-order valence-corrected chi connectivity index (χ4v) is 1.49. The fourth-order valence-electron chi connectivity index (χ4n) is 1.49. The molecule has 0 aliphatic rings. The predicted molar refractivity (Wildman–Crippen MR) is 66.7 cm³/mol. The van der Waals surface area contributed by atoms with Gasteiger partial charge in [0.25, 0.3) is 0 Å². The van der Waals surface area contributed by atoms with Crippen LogP contribution in [0.3, 0.4) is 0 Å². The molecular formula is C12H12N4O3. The molecule has 0 spiro atoms. The lowest BCUT2D eigenvalue weighted by Crippen LogP contribution is -2.14. The Hall–Kier alpha value is -2.70. The van der Waals surface area contributed by atoms with E-state index in [0.717, 1.165) is 0 Å². The molecule has 0 saturated carbocycles. The molecule has 0 aliphatic heterocycles. The molecule has 0 aliphatic carbocycles. The molecule has 1 amide bonds. The van der Waals surface area contributed by atoms with Gasteiger partial charge in [0.05, 0.1) is 18.3 Å². The van der Waals surface area contributed by atoms with E-state index in [1.165, 1.54) is 12.1 Å². The number of hydrogen-bond acceptors (Lipinski definition) is 4. The van der Waals surface area contributed by atoms with Crippen LogP contribution in [0.1, 0.15) is 16.8 Å². The highest BCUT2D eigenvalue weighted by molar-refractivity contribution is 5.92. The molecule has 1 aromatic carbocycles. The quantitative estimate of drug-likeness (QED) is 0.836. The number of hydrogen-bond donors (Lipinski definition) is 2. The van der Waals surface area contributed by atoms with Gasteiger partial charge in [-0.25, -0.2) is 4.79 Å². The van der Waals surface area contributed by atoms with Gasteiger partial charge >= 0.3 is 5.97 Å². The van der Waals surface area contributed by atoms with Crippen LogP contribution >= 0.6 is 0 Å². The smallest absolute Gasteiger partial charge is 0.335 e. The van der Waals surface area contributed by atoms with Crippen LogP contribution in [-0.4, -0.2) is 32.0 Å². The number of aromatic nitrogens is 3. The number of carbonyl (C=O) groups excluding carboxylic acids is 1. The second kappa shape index (κ2) is 5.76. The average Bonchev–Trinajstić information content (AvgIpc) is 2.90. The van der Waals surface area contributed by atoms with E-state index in [0.29, 0.717) is 12.2 Å². The van der Waals surface area contributed by atoms with E-state index in [4.69, 9.17) is 5.11 Å². The summed E-state index contributed by atoms with van der Waals surface area (Å²) in [5.74, 6) is -1.16. The van der Waals surface area contributed by atoms with Gasteiger partial charge < -0.3 is 10.4 Å². The molecular weight excluding hydrogens is 248 g/mol. The number of carboxylic acids is 1. The van der Waals surface area contributed by atoms with Crippen molar-refractivity contribution in [1.82, 2.24) is 15.0 Å². The van der Waals surface area contributed by atoms with E-state index in [1.807, 2.05) is 0 Å². The number of amides is 1. The van der Waals surface area contributed by atoms with Crippen LogP contribution in [0, 0.1) is 0 Å². The summed E-state index contributed by atoms with van der Waals surface area (Å²) < 4.78 is 1.56. The Morgan fingerprint density at radius 2 is 2.00 bits per heavy atom. The molecule has 0 fully saturated rings. The molecule has 0 bridgehead atoms. The third-order valence-electron chi connectivity index (χ3n) is 2.46. The molecule has 0 unspecified atom stereocenters. The van der Waals surface area contributed by atoms with E-state index < -0.39 is 5.97 Å². The summed E-state index contributed by atoms with van der Waals surface area (Å²) in [5.41, 5.74) is 0.745. The maximum absolute atomic E-state index is 11.6. The number of anilines is 1. The topological polar surface area (TPSA) is 97.1 Å². The minimum Gasteiger partial charge on any atom is -0.478 e. The first-order valence-corrected chi connectivity index (χ1v) is 5.62. The van der Waals surface area contributed by atoms with Gasteiger partial charge in [0.15, 0.2) is 0 Å². The number of carbonyl (C=O) groups is 2. The van der Waals surface area contributed by atoms with Gasteiger partial charge in [0.1, 0.15) is 0 Å². The van der Waals surface area contributed by atoms with Crippen molar-refractivity contribution in [1.29, 1.82) is 0 Å². The van der Waals surface area contributed by atoms with Crippen molar-refractivity contribution in [2.24, 2.45) is 0 Å². The molecule has 2 aromatic rings. The first kappa shape index (κ1) is 12.7. The van der Waals surface area contributed by atoms with Crippen LogP contribution in [0.15, 0.2) is 36.7 Å². The Morgan fingerprint density at radius 1 is 1.26 bits per heavy atom. The largest absolute Gasteiger partial charge is 0.478 e. The molecule has 0 radical (unpaired) electrons. The summed E-state index contributed by atoms with van der Waals surface area (Å²) in [7, 11) is 0. The fraction of sp³-hybridized carbons (Fsp3) is 0.167. The maximum Gasteiger partial charge on any atom is 0.335 e. The molecule has 98 valence electrons. The van der Waals surface area contributed by atoms with E-state index in [1.54, 1.807) is 29.2 Å². The number of rotatable bonds is 5. The number of carboxylic acid groups (broad SMARTS) is 1. The highest BCUT2D eigenvalue weighted by atomic mass is 16.4. The summed E-state index contributed by atoms with van der Waals surface area (Å²) in [6, 6.07) is 5.98. The Morgan fingerprint density at radius 3 is 2.58 bits per heavy atom. The number of benzene rings is 1. The van der Waals surface area contributed by atoms with Gasteiger partial charge in [0, 0.05) is 18.3 Å². The van der Waals surface area contributed by atoms with Crippen molar-refractivity contribution in [3.05, 3.63) is 42.2 Å². The number of aryl methyl sites for hydroxylation is 1. The van der Waals surface area contributed by atoms with Crippen LogP contribution < -0.4 is 5.32 Å². The number of nitrogens with one attached hydrogen (secondary N) is 1. The Labute approximate surface area is 108 Å². The molecule has 19 heavy (non-hydrogen) atoms. The van der Waals surface area contributed by atoms with Crippen LogP contribution in [-0.2, 0) is 11.3 Å². The summed E-state index contributed by atoms with van der Waals surface area (Å²) in [6.07, 6.45) is 3.49. The van der Waals surface area contributed by atoms with Crippen molar-refractivity contribution >= 4 is 17.6 Å². The van der Waals surface area contributed by atoms with Gasteiger partial charge in [0.2, 0.25) is 5.91 Å². The normalized spacial score (nSPS) is 10.1. The van der Waals surface area contributed by atoms with Gasteiger partial charge in [-0.1, -0.05) is 5.21 Å². The standard InChI is InChI=1S/C12H12N4O3/c17-11(5-7-16-8-6-13-15-16)14-10-3-1-9(2-4-10)12(18)19/h1-4,6,8H,5,7H2,(H,14,17)(H,18,19). The van der Waals surface area contributed by atoms with E-state index >= 15 is 0 Å². The van der Waals surface area contributed by atoms with Crippen LogP contribution in [0.5, 0.6) is 0 Å². The van der Waals surface area contributed by atoms with Crippen molar-refractivity contribution < 1.29 is 14.7 Å². The third-order valence-corrected chi connectivity index (χ3v) is 2.46. The molecule has 7 nitrogen and oxygen atoms in total. The van der Waals surface area contributed by atoms with Gasteiger partial charge in [-0.3, -0.25) is 9.48 Å². The minimum absolute atomic E-state index is 0.168. The molecule has 7 heteroatoms. The van der Waals surface area contributed by atoms with Gasteiger partial charge in [-0.15, -0.1) is 5.10 Å². The Balaban J connectivity index is 1.86. The number of nitrogens with zero attached hydrogens (tertiary/aromatic N) is 3. The van der Waals surface area contributed by atoms with Gasteiger partial charge in [-0.2, -0.15) is 0 Å². The number of aromatic carboxylic acids is 1. The highest BCUT2D eigenvalue weighted by Gasteiger charge is 2.05. The third kappa shape index (κ3) is 3.63. The molecule has 2 rings (SSSR count). The summed E-state index contributed by atoms with van der Waals surface area (Å²) in [4.78, 5) is 22.3. The zero-order chi connectivity index (χ0) is 13.7. The first-order valence-electron chi connectivity index (χ1n) is 5.62. The Bertz CT molecular complexity index is 563. The van der Waals surface area contributed by atoms with Crippen molar-refractivity contribution in [2.45, 2.75) is 13.0 Å². The lowest BCUT2D eigenvalue weighted by atomic mass is 10.2. The van der Waals surface area contributed by atoms with Crippen LogP contribution in [0.4, 0.5) is 5.69 Å². The van der Waals surface area contributed by atoms with Crippen molar-refractivity contribution in [3.8, 4) is 0 Å². The second-order valence-corrected chi connectivity index (χ2v) is 3.85. The molecule has 0 atom stereocenters. The average molecular weight is 260 g/mol. The lowest BCUT2D eigenvalue weighted by Gasteiger charge is -2.05. The molecule has 2 N–H and O–H groups in total. The lowest BCUT2D eigenvalue weighted by molar-refractivity contribution is -0.116. The maximum atomic E-state index is 11.6. The molecule has 1 heterocycles. The SMILES string of the molecule is O=C(CCn1ccnn1)Nc1ccc(C(=O)O)cc1.